The molecular formula is C16H22O2. The Morgan fingerprint density at radius 1 is 1.44 bits per heavy atom. The number of ketones is 1. The van der Waals surface area contributed by atoms with Crippen molar-refractivity contribution in [3.63, 3.8) is 0 Å². The van der Waals surface area contributed by atoms with Crippen LogP contribution >= 0.6 is 0 Å². The molecule has 1 unspecified atom stereocenters. The molecule has 0 amide bonds. The van der Waals surface area contributed by atoms with E-state index in [9.17, 15) is 4.79 Å². The number of Topliss-reactive ketones (excluding diaryl/α,β-unsaturated/α-hetero) is 1. The highest BCUT2D eigenvalue weighted by molar-refractivity contribution is 5.96. The smallest absolute Gasteiger partial charge is 0.163 e. The zero-order chi connectivity index (χ0) is 13.3. The van der Waals surface area contributed by atoms with Gasteiger partial charge in [-0.15, -0.1) is 0 Å². The molecular weight excluding hydrogens is 224 g/mol. The Hall–Kier alpha value is -1.31. The number of ether oxygens (including phenoxy) is 1. The predicted octanol–water partition coefficient (Wildman–Crippen LogP) is 4.02. The van der Waals surface area contributed by atoms with Crippen molar-refractivity contribution in [2.45, 2.75) is 52.6 Å². The maximum Gasteiger partial charge on any atom is 0.163 e. The predicted molar refractivity (Wildman–Crippen MR) is 73.3 cm³/mol. The fourth-order valence-electron chi connectivity index (χ4n) is 2.36. The average Bonchev–Trinajstić information content (AvgIpc) is 2.61. The Morgan fingerprint density at radius 2 is 2.17 bits per heavy atom. The zero-order valence-corrected chi connectivity index (χ0v) is 11.7. The second-order valence-electron chi connectivity index (χ2n) is 6.00. The number of rotatable bonds is 4. The second-order valence-corrected chi connectivity index (χ2v) is 6.00. The van der Waals surface area contributed by atoms with E-state index in [1.807, 2.05) is 18.2 Å². The quantitative estimate of drug-likeness (QED) is 0.750. The number of carbonyl (C=O) groups excluding carboxylic acids is 1. The summed E-state index contributed by atoms with van der Waals surface area (Å²) >= 11 is 0. The van der Waals surface area contributed by atoms with Crippen molar-refractivity contribution in [2.75, 3.05) is 0 Å². The van der Waals surface area contributed by atoms with Gasteiger partial charge in [0, 0.05) is 18.4 Å². The molecule has 98 valence electrons. The Kier molecular flexibility index (Phi) is 3.47. The van der Waals surface area contributed by atoms with E-state index in [1.165, 1.54) is 0 Å². The summed E-state index contributed by atoms with van der Waals surface area (Å²) in [7, 11) is 0. The molecule has 1 aliphatic rings. The lowest BCUT2D eigenvalue weighted by molar-refractivity contribution is 0.0963. The molecule has 1 aromatic rings. The van der Waals surface area contributed by atoms with Crippen LogP contribution in [0.5, 0.6) is 5.75 Å². The first kappa shape index (κ1) is 13.1. The van der Waals surface area contributed by atoms with Crippen LogP contribution < -0.4 is 4.74 Å². The molecule has 0 radical (unpaired) electrons. The van der Waals surface area contributed by atoms with Crippen LogP contribution in [0.1, 0.15) is 56.5 Å². The number of hydrogen-bond acceptors (Lipinski definition) is 2. The van der Waals surface area contributed by atoms with Gasteiger partial charge in [0.15, 0.2) is 5.78 Å². The van der Waals surface area contributed by atoms with Crippen LogP contribution in [0, 0.1) is 5.92 Å². The molecule has 18 heavy (non-hydrogen) atoms. The highest BCUT2D eigenvalue weighted by Gasteiger charge is 2.30. The molecule has 0 fully saturated rings. The molecule has 1 heterocycles. The van der Waals surface area contributed by atoms with Crippen molar-refractivity contribution in [1.29, 1.82) is 0 Å². The van der Waals surface area contributed by atoms with Gasteiger partial charge in [-0.2, -0.15) is 0 Å². The SMILES string of the molecule is CCC(C)CC(=O)c1ccc2c(c1)CC(C)(C)O2. The van der Waals surface area contributed by atoms with Crippen molar-refractivity contribution < 1.29 is 9.53 Å². The van der Waals surface area contributed by atoms with E-state index in [4.69, 9.17) is 4.74 Å². The van der Waals surface area contributed by atoms with Gasteiger partial charge in [0.25, 0.3) is 0 Å². The van der Waals surface area contributed by atoms with Gasteiger partial charge >= 0.3 is 0 Å². The standard InChI is InChI=1S/C16H22O2/c1-5-11(2)8-14(17)12-6-7-15-13(9-12)10-16(3,4)18-15/h6-7,9,11H,5,8,10H2,1-4H3. The van der Waals surface area contributed by atoms with E-state index >= 15 is 0 Å². The third-order valence-corrected chi connectivity index (χ3v) is 3.62. The van der Waals surface area contributed by atoms with Crippen LogP contribution in [0.15, 0.2) is 18.2 Å². The van der Waals surface area contributed by atoms with Crippen LogP contribution in [-0.2, 0) is 6.42 Å². The number of fused-ring (bicyclic) bond motifs is 1. The van der Waals surface area contributed by atoms with Crippen molar-refractivity contribution in [3.05, 3.63) is 29.3 Å². The van der Waals surface area contributed by atoms with Gasteiger partial charge in [0.1, 0.15) is 11.4 Å². The van der Waals surface area contributed by atoms with Crippen LogP contribution in [0.4, 0.5) is 0 Å². The number of carbonyl (C=O) groups is 1. The maximum absolute atomic E-state index is 12.1. The third kappa shape index (κ3) is 2.74. The fourth-order valence-corrected chi connectivity index (χ4v) is 2.36. The van der Waals surface area contributed by atoms with Crippen LogP contribution in [-0.4, -0.2) is 11.4 Å². The summed E-state index contributed by atoms with van der Waals surface area (Å²) in [5.74, 6) is 1.63. The molecule has 1 aliphatic heterocycles. The monoisotopic (exact) mass is 246 g/mol. The Labute approximate surface area is 109 Å². The molecule has 0 bridgehead atoms. The first-order chi connectivity index (χ1) is 8.41. The van der Waals surface area contributed by atoms with Crippen LogP contribution in [0.2, 0.25) is 0 Å². The number of benzene rings is 1. The van der Waals surface area contributed by atoms with Crippen molar-refractivity contribution in [1.82, 2.24) is 0 Å². The third-order valence-electron chi connectivity index (χ3n) is 3.62. The maximum atomic E-state index is 12.1. The molecule has 2 rings (SSSR count). The molecule has 2 nitrogen and oxygen atoms in total. The highest BCUT2D eigenvalue weighted by atomic mass is 16.5. The highest BCUT2D eigenvalue weighted by Crippen LogP contribution is 2.35. The Morgan fingerprint density at radius 3 is 2.83 bits per heavy atom. The van der Waals surface area contributed by atoms with Gasteiger partial charge < -0.3 is 4.74 Å². The van der Waals surface area contributed by atoms with Gasteiger partial charge in [-0.1, -0.05) is 20.3 Å². The normalized spacial score (nSPS) is 18.0. The Balaban J connectivity index is 2.16. The van der Waals surface area contributed by atoms with Crippen LogP contribution in [0.25, 0.3) is 0 Å². The van der Waals surface area contributed by atoms with Gasteiger partial charge in [0.05, 0.1) is 0 Å². The summed E-state index contributed by atoms with van der Waals surface area (Å²) in [6.45, 7) is 8.40. The molecule has 0 aliphatic carbocycles. The fraction of sp³-hybridized carbons (Fsp3) is 0.562. The van der Waals surface area contributed by atoms with Gasteiger partial charge in [-0.05, 0) is 43.5 Å². The summed E-state index contributed by atoms with van der Waals surface area (Å²) in [6.07, 6.45) is 2.57. The van der Waals surface area contributed by atoms with E-state index in [2.05, 4.69) is 27.7 Å². The van der Waals surface area contributed by atoms with E-state index in [0.717, 1.165) is 29.7 Å². The summed E-state index contributed by atoms with van der Waals surface area (Å²) in [5, 5.41) is 0. The minimum absolute atomic E-state index is 0.138. The lowest BCUT2D eigenvalue weighted by Gasteiger charge is -2.16. The van der Waals surface area contributed by atoms with E-state index in [1.54, 1.807) is 0 Å². The summed E-state index contributed by atoms with van der Waals surface area (Å²) in [5.41, 5.74) is 1.85. The van der Waals surface area contributed by atoms with Gasteiger partial charge in [-0.25, -0.2) is 0 Å². The summed E-state index contributed by atoms with van der Waals surface area (Å²) in [6, 6.07) is 5.84. The molecule has 1 aromatic carbocycles. The van der Waals surface area contributed by atoms with E-state index in [0.29, 0.717) is 12.3 Å². The zero-order valence-electron chi connectivity index (χ0n) is 11.7. The molecule has 0 saturated heterocycles. The van der Waals surface area contributed by atoms with Crippen molar-refractivity contribution in [2.24, 2.45) is 5.92 Å². The largest absolute Gasteiger partial charge is 0.487 e. The molecule has 0 saturated carbocycles. The van der Waals surface area contributed by atoms with E-state index in [-0.39, 0.29) is 11.4 Å². The summed E-state index contributed by atoms with van der Waals surface area (Å²) in [4.78, 5) is 12.1. The summed E-state index contributed by atoms with van der Waals surface area (Å²) < 4.78 is 5.82. The lowest BCUT2D eigenvalue weighted by atomic mass is 9.95. The molecule has 0 N–H and O–H groups in total. The topological polar surface area (TPSA) is 26.3 Å². The first-order valence-corrected chi connectivity index (χ1v) is 6.76. The Bertz CT molecular complexity index is 460. The first-order valence-electron chi connectivity index (χ1n) is 6.76. The molecule has 0 aromatic heterocycles. The minimum Gasteiger partial charge on any atom is -0.487 e. The van der Waals surface area contributed by atoms with Gasteiger partial charge in [0.2, 0.25) is 0 Å². The lowest BCUT2D eigenvalue weighted by Crippen LogP contribution is -2.24. The van der Waals surface area contributed by atoms with Crippen molar-refractivity contribution in [3.8, 4) is 5.75 Å². The van der Waals surface area contributed by atoms with E-state index < -0.39 is 0 Å². The van der Waals surface area contributed by atoms with Crippen LogP contribution in [0.3, 0.4) is 0 Å². The molecule has 2 heteroatoms. The van der Waals surface area contributed by atoms with Gasteiger partial charge in [-0.3, -0.25) is 4.79 Å². The minimum atomic E-state index is -0.138. The molecule has 1 atom stereocenters. The number of hydrogen-bond donors (Lipinski definition) is 0. The second kappa shape index (κ2) is 4.75. The molecule has 0 spiro atoms. The average molecular weight is 246 g/mol. The van der Waals surface area contributed by atoms with Crippen molar-refractivity contribution >= 4 is 5.78 Å².